The Labute approximate surface area is 190 Å². The van der Waals surface area contributed by atoms with Crippen molar-refractivity contribution in [1.29, 1.82) is 5.26 Å². The van der Waals surface area contributed by atoms with Crippen molar-refractivity contribution < 1.29 is 4.39 Å². The van der Waals surface area contributed by atoms with Crippen molar-refractivity contribution in [1.82, 2.24) is 19.4 Å². The van der Waals surface area contributed by atoms with Crippen molar-refractivity contribution in [3.05, 3.63) is 70.7 Å². The average molecular weight is 447 g/mol. The van der Waals surface area contributed by atoms with Gasteiger partial charge < -0.3 is 9.88 Å². The topological polar surface area (TPSA) is 69.8 Å². The molecule has 1 aromatic carbocycles. The van der Waals surface area contributed by atoms with Gasteiger partial charge in [0.2, 0.25) is 0 Å². The zero-order valence-corrected chi connectivity index (χ0v) is 18.6. The molecule has 1 aliphatic heterocycles. The smallest absolute Gasteiger partial charge is 0.188 e. The van der Waals surface area contributed by atoms with Crippen LogP contribution in [0.15, 0.2) is 48.1 Å². The molecule has 8 heteroatoms. The van der Waals surface area contributed by atoms with Crippen molar-refractivity contribution in [2.24, 2.45) is 7.05 Å². The zero-order valence-electron chi connectivity index (χ0n) is 17.8. The van der Waals surface area contributed by atoms with Gasteiger partial charge in [-0.05, 0) is 55.3 Å². The third-order valence-electron chi connectivity index (χ3n) is 6.01. The Kier molecular flexibility index (Phi) is 5.60. The second kappa shape index (κ2) is 8.69. The number of thiazole rings is 1. The maximum absolute atomic E-state index is 13.9. The Morgan fingerprint density at radius 2 is 2.19 bits per heavy atom. The number of hydrogen-bond acceptors (Lipinski definition) is 6. The summed E-state index contributed by atoms with van der Waals surface area (Å²) in [6.07, 6.45) is 7.08. The summed E-state index contributed by atoms with van der Waals surface area (Å²) in [6, 6.07) is 10.7. The van der Waals surface area contributed by atoms with E-state index in [1.54, 1.807) is 35.7 Å². The third-order valence-corrected chi connectivity index (χ3v) is 6.78. The molecular weight excluding hydrogens is 423 g/mol. The molecule has 6 nitrogen and oxygen atoms in total. The number of hydrogen-bond donors (Lipinski definition) is 1. The molecule has 0 spiro atoms. The largest absolute Gasteiger partial charge is 0.350 e. The molecule has 4 aromatic rings. The van der Waals surface area contributed by atoms with E-state index >= 15 is 0 Å². The van der Waals surface area contributed by atoms with Gasteiger partial charge in [-0.2, -0.15) is 5.26 Å². The summed E-state index contributed by atoms with van der Waals surface area (Å²) < 4.78 is 16.0. The SMILES string of the molecule is Cn1cc(CN2CCCCC2c2csc(Nc3cc(C#N)ccn3)n2)c2cc(F)ccc21. The number of pyridine rings is 1. The van der Waals surface area contributed by atoms with E-state index in [-0.39, 0.29) is 11.9 Å². The first-order valence-electron chi connectivity index (χ1n) is 10.7. The molecule has 1 aliphatic rings. The van der Waals surface area contributed by atoms with Gasteiger partial charge in [-0.3, -0.25) is 4.90 Å². The fourth-order valence-corrected chi connectivity index (χ4v) is 5.24. The molecule has 1 N–H and O–H groups in total. The quantitative estimate of drug-likeness (QED) is 0.438. The minimum Gasteiger partial charge on any atom is -0.350 e. The van der Waals surface area contributed by atoms with E-state index in [0.717, 1.165) is 59.6 Å². The van der Waals surface area contributed by atoms with Crippen LogP contribution >= 0.6 is 11.3 Å². The Bertz CT molecular complexity index is 1300. The molecule has 1 unspecified atom stereocenters. The second-order valence-electron chi connectivity index (χ2n) is 8.15. The highest BCUT2D eigenvalue weighted by molar-refractivity contribution is 7.13. The number of nitrogens with zero attached hydrogens (tertiary/aromatic N) is 5. The van der Waals surface area contributed by atoms with Crippen LogP contribution in [0.3, 0.4) is 0 Å². The Morgan fingerprint density at radius 1 is 1.28 bits per heavy atom. The molecule has 162 valence electrons. The van der Waals surface area contributed by atoms with E-state index < -0.39 is 0 Å². The number of likely N-dealkylation sites (tertiary alicyclic amines) is 1. The number of piperidine rings is 1. The molecular formula is C24H23FN6S. The Balaban J connectivity index is 1.38. The number of aryl methyl sites for hydroxylation is 1. The van der Waals surface area contributed by atoms with Crippen LogP contribution in [0.1, 0.15) is 42.1 Å². The molecule has 0 bridgehead atoms. The van der Waals surface area contributed by atoms with Crippen LogP contribution in [0.5, 0.6) is 0 Å². The number of nitriles is 1. The number of nitrogens with one attached hydrogen (secondary N) is 1. The minimum absolute atomic E-state index is 0.204. The van der Waals surface area contributed by atoms with E-state index in [4.69, 9.17) is 10.2 Å². The van der Waals surface area contributed by atoms with Gasteiger partial charge in [0.25, 0.3) is 0 Å². The van der Waals surface area contributed by atoms with Gasteiger partial charge in [-0.15, -0.1) is 11.3 Å². The van der Waals surface area contributed by atoms with Gasteiger partial charge in [-0.25, -0.2) is 14.4 Å². The van der Waals surface area contributed by atoms with E-state index in [9.17, 15) is 4.39 Å². The molecule has 4 heterocycles. The summed E-state index contributed by atoms with van der Waals surface area (Å²) in [5.41, 5.74) is 3.78. The monoisotopic (exact) mass is 446 g/mol. The molecule has 32 heavy (non-hydrogen) atoms. The van der Waals surface area contributed by atoms with E-state index in [1.165, 1.54) is 6.07 Å². The van der Waals surface area contributed by atoms with Crippen molar-refractivity contribution in [2.75, 3.05) is 11.9 Å². The maximum atomic E-state index is 13.9. The zero-order chi connectivity index (χ0) is 22.1. The summed E-state index contributed by atoms with van der Waals surface area (Å²) in [6.45, 7) is 1.75. The molecule has 5 rings (SSSR count). The fraction of sp³-hybridized carbons (Fsp3) is 0.292. The lowest BCUT2D eigenvalue weighted by atomic mass is 9.99. The first-order chi connectivity index (χ1) is 15.6. The van der Waals surface area contributed by atoms with Crippen LogP contribution in [0.25, 0.3) is 10.9 Å². The summed E-state index contributed by atoms with van der Waals surface area (Å²) in [5.74, 6) is 0.410. The van der Waals surface area contributed by atoms with Gasteiger partial charge in [0.1, 0.15) is 11.6 Å². The van der Waals surface area contributed by atoms with Gasteiger partial charge in [0.05, 0.1) is 23.4 Å². The number of halogens is 1. The summed E-state index contributed by atoms with van der Waals surface area (Å²) in [5, 5.41) is 16.1. The van der Waals surface area contributed by atoms with E-state index in [0.29, 0.717) is 11.4 Å². The third kappa shape index (κ3) is 4.09. The highest BCUT2D eigenvalue weighted by Gasteiger charge is 2.27. The first kappa shape index (κ1) is 20.6. The minimum atomic E-state index is -0.204. The number of aromatic nitrogens is 3. The molecule has 0 aliphatic carbocycles. The fourth-order valence-electron chi connectivity index (χ4n) is 4.48. The van der Waals surface area contributed by atoms with Gasteiger partial charge >= 0.3 is 0 Å². The molecule has 1 fully saturated rings. The van der Waals surface area contributed by atoms with Gasteiger partial charge in [-0.1, -0.05) is 6.42 Å². The lowest BCUT2D eigenvalue weighted by Gasteiger charge is -2.34. The summed E-state index contributed by atoms with van der Waals surface area (Å²) in [7, 11) is 2.01. The van der Waals surface area contributed by atoms with Crippen LogP contribution in [-0.2, 0) is 13.6 Å². The summed E-state index contributed by atoms with van der Waals surface area (Å²) in [4.78, 5) is 11.6. The normalized spacial score (nSPS) is 16.8. The number of fused-ring (bicyclic) bond motifs is 1. The molecule has 1 saturated heterocycles. The lowest BCUT2D eigenvalue weighted by molar-refractivity contribution is 0.138. The van der Waals surface area contributed by atoms with Crippen LogP contribution in [-0.4, -0.2) is 26.0 Å². The summed E-state index contributed by atoms with van der Waals surface area (Å²) >= 11 is 1.54. The highest BCUT2D eigenvalue weighted by atomic mass is 32.1. The van der Waals surface area contributed by atoms with E-state index in [2.05, 4.69) is 37.4 Å². The van der Waals surface area contributed by atoms with Gasteiger partial charge in [0, 0.05) is 42.3 Å². The number of benzene rings is 1. The second-order valence-corrected chi connectivity index (χ2v) is 9.01. The molecule has 0 amide bonds. The van der Waals surface area contributed by atoms with Crippen LogP contribution in [0, 0.1) is 17.1 Å². The predicted octanol–water partition coefficient (Wildman–Crippen LogP) is 5.51. The molecule has 0 radical (unpaired) electrons. The first-order valence-corrected chi connectivity index (χ1v) is 11.5. The standard InChI is InChI=1S/C24H23FN6S/c1-30-13-17(19-11-18(25)5-6-21(19)30)14-31-9-3-2-4-22(31)20-15-32-24(28-20)29-23-10-16(12-26)7-8-27-23/h5-8,10-11,13,15,22H,2-4,9,14H2,1H3,(H,27,28,29). The van der Waals surface area contributed by atoms with Crippen LogP contribution in [0.4, 0.5) is 15.3 Å². The van der Waals surface area contributed by atoms with Crippen molar-refractivity contribution >= 4 is 33.2 Å². The Hall–Kier alpha value is -3.28. The van der Waals surface area contributed by atoms with E-state index in [1.807, 2.05) is 13.1 Å². The van der Waals surface area contributed by atoms with Crippen LogP contribution in [0.2, 0.25) is 0 Å². The predicted molar refractivity (Wildman–Crippen MR) is 124 cm³/mol. The van der Waals surface area contributed by atoms with Crippen molar-refractivity contribution in [3.63, 3.8) is 0 Å². The van der Waals surface area contributed by atoms with Gasteiger partial charge in [0.15, 0.2) is 5.13 Å². The maximum Gasteiger partial charge on any atom is 0.188 e. The Morgan fingerprint density at radius 3 is 3.06 bits per heavy atom. The van der Waals surface area contributed by atoms with Crippen molar-refractivity contribution in [2.45, 2.75) is 31.8 Å². The average Bonchev–Trinajstić information content (AvgIpc) is 3.38. The van der Waals surface area contributed by atoms with Crippen molar-refractivity contribution in [3.8, 4) is 6.07 Å². The number of anilines is 2. The molecule has 0 saturated carbocycles. The highest BCUT2D eigenvalue weighted by Crippen LogP contribution is 2.35. The lowest BCUT2D eigenvalue weighted by Crippen LogP contribution is -2.33. The molecule has 3 aromatic heterocycles. The van der Waals surface area contributed by atoms with Crippen LogP contribution < -0.4 is 5.32 Å². The number of rotatable bonds is 5. The molecule has 1 atom stereocenters.